The van der Waals surface area contributed by atoms with Gasteiger partial charge in [-0.1, -0.05) is 72.8 Å². The smallest absolute Gasteiger partial charge is 0.0914 e. The van der Waals surface area contributed by atoms with Gasteiger partial charge in [0.05, 0.1) is 22.4 Å². The first-order chi connectivity index (χ1) is 13.9. The lowest BCUT2D eigenvalue weighted by atomic mass is 10.1. The Bertz CT molecular complexity index is 1260. The van der Waals surface area contributed by atoms with Crippen LogP contribution in [-0.4, -0.2) is 9.97 Å². The van der Waals surface area contributed by atoms with Gasteiger partial charge < -0.3 is 5.32 Å². The van der Waals surface area contributed by atoms with Gasteiger partial charge in [0.2, 0.25) is 0 Å². The Hall–Kier alpha value is -3.72. The van der Waals surface area contributed by atoms with Crippen LogP contribution in [0.3, 0.4) is 0 Å². The molecule has 2 aromatic heterocycles. The molecule has 0 radical (unpaired) electrons. The maximum absolute atomic E-state index is 4.87. The Morgan fingerprint density at radius 3 is 2.21 bits per heavy atom. The Morgan fingerprint density at radius 1 is 0.607 bits per heavy atom. The Labute approximate surface area is 163 Å². The number of nitrogens with zero attached hydrogens (tertiary/aromatic N) is 2. The first-order valence-electron chi connectivity index (χ1n) is 9.40. The van der Waals surface area contributed by atoms with Crippen molar-refractivity contribution in [3.8, 4) is 11.4 Å². The first kappa shape index (κ1) is 16.5. The van der Waals surface area contributed by atoms with E-state index in [1.807, 2.05) is 48.5 Å². The highest BCUT2D eigenvalue weighted by molar-refractivity contribution is 5.94. The monoisotopic (exact) mass is 361 g/mol. The second kappa shape index (κ2) is 7.12. The van der Waals surface area contributed by atoms with Gasteiger partial charge >= 0.3 is 0 Å². The molecule has 0 saturated heterocycles. The Kier molecular flexibility index (Phi) is 4.19. The van der Waals surface area contributed by atoms with Crippen molar-refractivity contribution in [2.24, 2.45) is 0 Å². The Morgan fingerprint density at radius 2 is 1.32 bits per heavy atom. The van der Waals surface area contributed by atoms with Gasteiger partial charge in [-0.15, -0.1) is 0 Å². The van der Waals surface area contributed by atoms with Gasteiger partial charge in [0.1, 0.15) is 0 Å². The van der Waals surface area contributed by atoms with Crippen LogP contribution in [0.5, 0.6) is 0 Å². The van der Waals surface area contributed by atoms with Gasteiger partial charge in [-0.2, -0.15) is 0 Å². The molecule has 0 aliphatic rings. The van der Waals surface area contributed by atoms with E-state index in [-0.39, 0.29) is 0 Å². The number of para-hydroxylation sites is 2. The summed E-state index contributed by atoms with van der Waals surface area (Å²) in [5.41, 5.74) is 6.01. The van der Waals surface area contributed by atoms with Crippen molar-refractivity contribution in [2.75, 3.05) is 5.32 Å². The van der Waals surface area contributed by atoms with Crippen LogP contribution in [0.2, 0.25) is 0 Å². The largest absolute Gasteiger partial charge is 0.380 e. The molecule has 1 N–H and O–H groups in total. The highest BCUT2D eigenvalue weighted by Gasteiger charge is 2.09. The number of benzene rings is 3. The summed E-state index contributed by atoms with van der Waals surface area (Å²) >= 11 is 0. The Balaban J connectivity index is 1.59. The van der Waals surface area contributed by atoms with Crippen LogP contribution in [0, 0.1) is 0 Å². The van der Waals surface area contributed by atoms with Crippen LogP contribution >= 0.6 is 0 Å². The summed E-state index contributed by atoms with van der Waals surface area (Å²) in [6.45, 7) is 0.763. The molecule has 0 aliphatic heterocycles. The summed E-state index contributed by atoms with van der Waals surface area (Å²) in [6.07, 6.45) is 0. The SMILES string of the molecule is c1ccc(CNc2cc(-c3ccc4ccccc4n3)nc3ccccc23)cc1. The fourth-order valence-corrected chi connectivity index (χ4v) is 3.45. The van der Waals surface area contributed by atoms with Gasteiger partial charge in [-0.25, -0.2) is 9.97 Å². The zero-order chi connectivity index (χ0) is 18.8. The molecule has 0 saturated carbocycles. The van der Waals surface area contributed by atoms with Crippen LogP contribution in [0.1, 0.15) is 5.56 Å². The normalized spacial score (nSPS) is 11.0. The summed E-state index contributed by atoms with van der Waals surface area (Å²) in [4.78, 5) is 9.69. The average Bonchev–Trinajstić information content (AvgIpc) is 2.77. The van der Waals surface area contributed by atoms with E-state index in [4.69, 9.17) is 9.97 Å². The minimum atomic E-state index is 0.763. The predicted molar refractivity (Wildman–Crippen MR) is 116 cm³/mol. The lowest BCUT2D eigenvalue weighted by molar-refractivity contribution is 1.15. The molecule has 0 aliphatic carbocycles. The second-order valence-corrected chi connectivity index (χ2v) is 6.80. The summed E-state index contributed by atoms with van der Waals surface area (Å²) in [7, 11) is 0. The molecule has 0 unspecified atom stereocenters. The van der Waals surface area contributed by atoms with E-state index < -0.39 is 0 Å². The van der Waals surface area contributed by atoms with Crippen LogP contribution in [0.4, 0.5) is 5.69 Å². The molecular weight excluding hydrogens is 342 g/mol. The maximum atomic E-state index is 4.87. The number of hydrogen-bond acceptors (Lipinski definition) is 3. The van der Waals surface area contributed by atoms with Crippen molar-refractivity contribution >= 4 is 27.5 Å². The lowest BCUT2D eigenvalue weighted by Gasteiger charge is -2.12. The number of pyridine rings is 2. The number of rotatable bonds is 4. The molecule has 3 aromatic carbocycles. The predicted octanol–water partition coefficient (Wildman–Crippen LogP) is 6.06. The van der Waals surface area contributed by atoms with Crippen LogP contribution in [0.15, 0.2) is 97.1 Å². The minimum absolute atomic E-state index is 0.763. The van der Waals surface area contributed by atoms with Gasteiger partial charge in [0.15, 0.2) is 0 Å². The van der Waals surface area contributed by atoms with Crippen molar-refractivity contribution in [3.63, 3.8) is 0 Å². The molecule has 3 nitrogen and oxygen atoms in total. The van der Waals surface area contributed by atoms with Crippen LogP contribution < -0.4 is 5.32 Å². The number of anilines is 1. The van der Waals surface area contributed by atoms with E-state index in [2.05, 4.69) is 53.8 Å². The second-order valence-electron chi connectivity index (χ2n) is 6.80. The van der Waals surface area contributed by atoms with E-state index in [1.165, 1.54) is 5.56 Å². The molecule has 5 rings (SSSR count). The summed E-state index contributed by atoms with van der Waals surface area (Å²) in [6, 6.07) is 33.0. The fraction of sp³-hybridized carbons (Fsp3) is 0.0400. The van der Waals surface area contributed by atoms with Gasteiger partial charge in [-0.3, -0.25) is 0 Å². The summed E-state index contributed by atoms with van der Waals surface area (Å²) in [5.74, 6) is 0. The highest BCUT2D eigenvalue weighted by atomic mass is 14.9. The molecule has 2 heterocycles. The maximum Gasteiger partial charge on any atom is 0.0914 e. The molecule has 0 amide bonds. The zero-order valence-corrected chi connectivity index (χ0v) is 15.3. The van der Waals surface area contributed by atoms with Crippen molar-refractivity contribution < 1.29 is 0 Å². The van der Waals surface area contributed by atoms with Gasteiger partial charge in [0.25, 0.3) is 0 Å². The highest BCUT2D eigenvalue weighted by Crippen LogP contribution is 2.28. The number of hydrogen-bond donors (Lipinski definition) is 1. The van der Waals surface area contributed by atoms with E-state index in [1.54, 1.807) is 0 Å². The number of fused-ring (bicyclic) bond motifs is 2. The molecule has 28 heavy (non-hydrogen) atoms. The zero-order valence-electron chi connectivity index (χ0n) is 15.3. The van der Waals surface area contributed by atoms with E-state index in [0.29, 0.717) is 0 Å². The van der Waals surface area contributed by atoms with Gasteiger partial charge in [-0.05, 0) is 29.8 Å². The number of aromatic nitrogens is 2. The van der Waals surface area contributed by atoms with Crippen molar-refractivity contribution in [1.82, 2.24) is 9.97 Å². The molecule has 0 fully saturated rings. The third-order valence-electron chi connectivity index (χ3n) is 4.90. The molecular formula is C25H19N3. The molecule has 0 atom stereocenters. The van der Waals surface area contributed by atoms with Crippen molar-refractivity contribution in [2.45, 2.75) is 6.54 Å². The molecule has 0 spiro atoms. The van der Waals surface area contributed by atoms with Crippen molar-refractivity contribution in [1.29, 1.82) is 0 Å². The van der Waals surface area contributed by atoms with Crippen LogP contribution in [0.25, 0.3) is 33.2 Å². The third-order valence-corrected chi connectivity index (χ3v) is 4.90. The topological polar surface area (TPSA) is 37.8 Å². The quantitative estimate of drug-likeness (QED) is 0.423. The van der Waals surface area contributed by atoms with E-state index >= 15 is 0 Å². The molecule has 134 valence electrons. The lowest BCUT2D eigenvalue weighted by Crippen LogP contribution is -2.01. The number of nitrogens with one attached hydrogen (secondary N) is 1. The molecule has 0 bridgehead atoms. The standard InChI is InChI=1S/C25H19N3/c1-2-8-18(9-3-1)17-26-24-16-25(28-22-13-7-5-11-20(22)24)23-15-14-19-10-4-6-12-21(19)27-23/h1-16H,17H2,(H,26,28). The molecule has 3 heteroatoms. The van der Waals surface area contributed by atoms with E-state index in [9.17, 15) is 0 Å². The summed E-state index contributed by atoms with van der Waals surface area (Å²) in [5, 5.41) is 5.83. The third kappa shape index (κ3) is 3.19. The first-order valence-corrected chi connectivity index (χ1v) is 9.40. The van der Waals surface area contributed by atoms with Gasteiger partial charge in [0, 0.05) is 23.0 Å². The van der Waals surface area contributed by atoms with Crippen LogP contribution in [-0.2, 0) is 6.54 Å². The fourth-order valence-electron chi connectivity index (χ4n) is 3.45. The summed E-state index contributed by atoms with van der Waals surface area (Å²) < 4.78 is 0. The molecule has 5 aromatic rings. The minimum Gasteiger partial charge on any atom is -0.380 e. The average molecular weight is 361 g/mol. The van der Waals surface area contributed by atoms with Crippen molar-refractivity contribution in [3.05, 3.63) is 103 Å². The van der Waals surface area contributed by atoms with E-state index in [0.717, 1.165) is 45.4 Å².